The van der Waals surface area contributed by atoms with E-state index in [4.69, 9.17) is 15.1 Å². The van der Waals surface area contributed by atoms with E-state index in [-0.39, 0.29) is 44.6 Å². The molecule has 1 aliphatic heterocycles. The van der Waals surface area contributed by atoms with Gasteiger partial charge < -0.3 is 25.7 Å². The van der Waals surface area contributed by atoms with Gasteiger partial charge in [0.1, 0.15) is 6.04 Å². The molecule has 1 aliphatic rings. The highest BCUT2D eigenvalue weighted by Crippen LogP contribution is 2.14. The number of nitrogens with zero attached hydrogens (tertiary/aromatic N) is 1. The molecule has 11 heteroatoms. The lowest BCUT2D eigenvalue weighted by molar-refractivity contribution is -0.199. The van der Waals surface area contributed by atoms with E-state index in [2.05, 4.69) is 10.6 Å². The Morgan fingerprint density at radius 1 is 1.00 bits per heavy atom. The second-order valence-corrected chi connectivity index (χ2v) is 5.91. The summed E-state index contributed by atoms with van der Waals surface area (Å²) in [5.74, 6) is -3.07. The topological polar surface area (TPSA) is 162 Å². The Labute approximate surface area is 156 Å². The molecule has 0 radical (unpaired) electrons. The monoisotopic (exact) mass is 387 g/mol. The quantitative estimate of drug-likeness (QED) is 0.224. The molecule has 0 bridgehead atoms. The molecular weight excluding hydrogens is 362 g/mol. The van der Waals surface area contributed by atoms with Gasteiger partial charge in [0, 0.05) is 32.2 Å². The van der Waals surface area contributed by atoms with Crippen LogP contribution in [0, 0.1) is 0 Å². The third-order valence-electron chi connectivity index (χ3n) is 3.73. The third kappa shape index (κ3) is 8.13. The van der Waals surface area contributed by atoms with Crippen LogP contribution in [-0.4, -0.2) is 70.7 Å². The van der Waals surface area contributed by atoms with E-state index in [1.165, 1.54) is 0 Å². The number of carbonyl (C=O) groups excluding carboxylic acids is 5. The van der Waals surface area contributed by atoms with Crippen LogP contribution in [0.2, 0.25) is 0 Å². The number of imide groups is 1. The first kappa shape index (κ1) is 22.5. The molecule has 1 heterocycles. The minimum Gasteiger partial charge on any atom is -0.396 e. The van der Waals surface area contributed by atoms with Gasteiger partial charge in [-0.2, -0.15) is 0 Å². The molecule has 27 heavy (non-hydrogen) atoms. The maximum atomic E-state index is 12.2. The van der Waals surface area contributed by atoms with Crippen molar-refractivity contribution in [3.63, 3.8) is 0 Å². The second-order valence-electron chi connectivity index (χ2n) is 5.91. The molecule has 0 aromatic rings. The molecule has 0 aromatic carbocycles. The highest BCUT2D eigenvalue weighted by atomic mass is 16.7. The molecule has 4 N–H and O–H groups in total. The molecule has 1 rings (SSSR count). The van der Waals surface area contributed by atoms with Crippen LogP contribution in [0.25, 0.3) is 0 Å². The van der Waals surface area contributed by atoms with Crippen molar-refractivity contribution in [1.82, 2.24) is 15.7 Å². The van der Waals surface area contributed by atoms with E-state index >= 15 is 0 Å². The van der Waals surface area contributed by atoms with Gasteiger partial charge in [-0.3, -0.25) is 19.2 Å². The second kappa shape index (κ2) is 12.0. The van der Waals surface area contributed by atoms with Crippen LogP contribution in [0.3, 0.4) is 0 Å². The van der Waals surface area contributed by atoms with Crippen molar-refractivity contribution in [2.24, 2.45) is 0 Å². The van der Waals surface area contributed by atoms with Crippen molar-refractivity contribution >= 4 is 29.6 Å². The van der Waals surface area contributed by atoms with Gasteiger partial charge in [-0.1, -0.05) is 0 Å². The molecule has 1 saturated heterocycles. The molecule has 152 valence electrons. The van der Waals surface area contributed by atoms with Crippen LogP contribution < -0.4 is 10.6 Å². The Balaban J connectivity index is 2.52. The average molecular weight is 387 g/mol. The highest BCUT2D eigenvalue weighted by Gasteiger charge is 2.35. The maximum absolute atomic E-state index is 12.2. The Hall–Kier alpha value is -2.53. The van der Waals surface area contributed by atoms with Gasteiger partial charge in [0.05, 0.1) is 13.2 Å². The van der Waals surface area contributed by atoms with Gasteiger partial charge >= 0.3 is 5.97 Å². The first-order chi connectivity index (χ1) is 12.9. The van der Waals surface area contributed by atoms with Gasteiger partial charge in [-0.25, -0.2) is 4.79 Å². The standard InChI is InChI=1S/C16H25N3O8/c20-9-6-12(22)17-8-2-1-3-11(18-13(23)7-10-21)16(26)27-19-14(24)4-5-15(19)25/h11,20-21H,1-10H2,(H,17,22)(H,18,23). The third-order valence-corrected chi connectivity index (χ3v) is 3.73. The normalized spacial score (nSPS) is 14.8. The first-order valence-electron chi connectivity index (χ1n) is 8.74. The highest BCUT2D eigenvalue weighted by molar-refractivity contribution is 6.01. The average Bonchev–Trinajstić information content (AvgIpc) is 2.92. The van der Waals surface area contributed by atoms with Crippen LogP contribution in [0.4, 0.5) is 0 Å². The number of carbonyl (C=O) groups is 5. The number of hydrogen-bond donors (Lipinski definition) is 4. The van der Waals surface area contributed by atoms with Crippen LogP contribution >= 0.6 is 0 Å². The summed E-state index contributed by atoms with van der Waals surface area (Å²) in [6.07, 6.45) is 0.802. The molecule has 0 aromatic heterocycles. The molecule has 0 aliphatic carbocycles. The van der Waals surface area contributed by atoms with Crippen LogP contribution in [0.15, 0.2) is 0 Å². The number of aliphatic hydroxyl groups excluding tert-OH is 2. The SMILES string of the molecule is O=C(CCO)NCCCCC(NC(=O)CCO)C(=O)ON1C(=O)CCC1=O. The number of nitrogens with one attached hydrogen (secondary N) is 2. The van der Waals surface area contributed by atoms with Gasteiger partial charge in [0.15, 0.2) is 0 Å². The van der Waals surface area contributed by atoms with Crippen LogP contribution in [-0.2, 0) is 28.8 Å². The summed E-state index contributed by atoms with van der Waals surface area (Å²) >= 11 is 0. The number of hydrogen-bond acceptors (Lipinski definition) is 8. The fourth-order valence-corrected chi connectivity index (χ4v) is 2.32. The van der Waals surface area contributed by atoms with Crippen molar-refractivity contribution in [3.05, 3.63) is 0 Å². The smallest absolute Gasteiger partial charge is 0.355 e. The zero-order valence-electron chi connectivity index (χ0n) is 14.9. The van der Waals surface area contributed by atoms with E-state index in [1.54, 1.807) is 0 Å². The molecule has 11 nitrogen and oxygen atoms in total. The fourth-order valence-electron chi connectivity index (χ4n) is 2.32. The largest absolute Gasteiger partial charge is 0.396 e. The molecule has 0 spiro atoms. The summed E-state index contributed by atoms with van der Waals surface area (Å²) in [4.78, 5) is 63.0. The van der Waals surface area contributed by atoms with Crippen molar-refractivity contribution in [3.8, 4) is 0 Å². The Bertz CT molecular complexity index is 550. The summed E-state index contributed by atoms with van der Waals surface area (Å²) in [5, 5.41) is 22.8. The van der Waals surface area contributed by atoms with Crippen LogP contribution in [0.1, 0.15) is 44.9 Å². The minimum absolute atomic E-state index is 0.00403. The molecule has 4 amide bonds. The lowest BCUT2D eigenvalue weighted by atomic mass is 10.1. The Morgan fingerprint density at radius 2 is 1.59 bits per heavy atom. The van der Waals surface area contributed by atoms with Gasteiger partial charge in [-0.05, 0) is 19.3 Å². The van der Waals surface area contributed by atoms with Gasteiger partial charge in [-0.15, -0.1) is 5.06 Å². The molecule has 0 saturated carbocycles. The number of aliphatic hydroxyl groups is 2. The van der Waals surface area contributed by atoms with E-state index in [0.29, 0.717) is 24.4 Å². The van der Waals surface area contributed by atoms with Crippen molar-refractivity contribution < 1.29 is 39.0 Å². The lowest BCUT2D eigenvalue weighted by Gasteiger charge is -2.20. The van der Waals surface area contributed by atoms with Gasteiger partial charge in [0.2, 0.25) is 11.8 Å². The predicted octanol–water partition coefficient (Wildman–Crippen LogP) is -1.87. The number of hydroxylamine groups is 2. The first-order valence-corrected chi connectivity index (χ1v) is 8.74. The minimum atomic E-state index is -1.10. The summed E-state index contributed by atoms with van der Waals surface area (Å²) in [7, 11) is 0. The lowest BCUT2D eigenvalue weighted by Crippen LogP contribution is -2.45. The number of rotatable bonds is 12. The zero-order valence-corrected chi connectivity index (χ0v) is 14.9. The molecular formula is C16H25N3O8. The maximum Gasteiger partial charge on any atom is 0.355 e. The molecule has 1 unspecified atom stereocenters. The summed E-state index contributed by atoms with van der Waals surface area (Å²) in [5.41, 5.74) is 0. The van der Waals surface area contributed by atoms with Crippen molar-refractivity contribution in [2.45, 2.75) is 51.0 Å². The predicted molar refractivity (Wildman–Crippen MR) is 89.4 cm³/mol. The molecule has 1 fully saturated rings. The molecule has 1 atom stereocenters. The van der Waals surface area contributed by atoms with E-state index in [1.807, 2.05) is 0 Å². The summed E-state index contributed by atoms with van der Waals surface area (Å²) < 4.78 is 0. The zero-order chi connectivity index (χ0) is 20.2. The fraction of sp³-hybridized carbons (Fsp3) is 0.688. The van der Waals surface area contributed by atoms with E-state index < -0.39 is 36.3 Å². The van der Waals surface area contributed by atoms with Gasteiger partial charge in [0.25, 0.3) is 11.8 Å². The Morgan fingerprint density at radius 3 is 2.19 bits per heavy atom. The van der Waals surface area contributed by atoms with E-state index in [9.17, 15) is 24.0 Å². The summed E-state index contributed by atoms with van der Waals surface area (Å²) in [6, 6.07) is -1.10. The van der Waals surface area contributed by atoms with E-state index in [0.717, 1.165) is 0 Å². The van der Waals surface area contributed by atoms with Crippen molar-refractivity contribution in [1.29, 1.82) is 0 Å². The number of amides is 4. The van der Waals surface area contributed by atoms with Crippen molar-refractivity contribution in [2.75, 3.05) is 19.8 Å². The Kier molecular flexibility index (Phi) is 9.98. The number of unbranched alkanes of at least 4 members (excludes halogenated alkanes) is 1. The summed E-state index contributed by atoms with van der Waals surface area (Å²) in [6.45, 7) is -0.313. The van der Waals surface area contributed by atoms with Crippen LogP contribution in [0.5, 0.6) is 0 Å².